The van der Waals surface area contributed by atoms with Gasteiger partial charge < -0.3 is 9.84 Å². The van der Waals surface area contributed by atoms with Crippen LogP contribution in [0.2, 0.25) is 0 Å². The summed E-state index contributed by atoms with van der Waals surface area (Å²) in [7, 11) is -4.49. The fourth-order valence-corrected chi connectivity index (χ4v) is 2.36. The molecule has 1 saturated heterocycles. The summed E-state index contributed by atoms with van der Waals surface area (Å²) in [5.74, 6) is 0. The SMILES string of the molecule is CCC(O)(N1CCOCC1)S(=O)(=O)O. The molecule has 1 aliphatic heterocycles. The first-order valence-electron chi connectivity index (χ1n) is 4.44. The Morgan fingerprint density at radius 3 is 2.29 bits per heavy atom. The van der Waals surface area contributed by atoms with Crippen molar-refractivity contribution in [1.29, 1.82) is 0 Å². The number of hydrogen-bond acceptors (Lipinski definition) is 5. The van der Waals surface area contributed by atoms with E-state index >= 15 is 0 Å². The van der Waals surface area contributed by atoms with Gasteiger partial charge in [-0.1, -0.05) is 6.92 Å². The predicted molar refractivity (Wildman–Crippen MR) is 49.2 cm³/mol. The molecule has 0 radical (unpaired) electrons. The van der Waals surface area contributed by atoms with E-state index in [0.29, 0.717) is 26.3 Å². The Morgan fingerprint density at radius 2 is 1.93 bits per heavy atom. The highest BCUT2D eigenvalue weighted by molar-refractivity contribution is 7.87. The maximum absolute atomic E-state index is 11.0. The molecule has 0 aromatic rings. The van der Waals surface area contributed by atoms with E-state index in [4.69, 9.17) is 9.29 Å². The van der Waals surface area contributed by atoms with Crippen molar-refractivity contribution in [3.63, 3.8) is 0 Å². The summed E-state index contributed by atoms with van der Waals surface area (Å²) in [6.07, 6.45) is -0.0775. The second-order valence-corrected chi connectivity index (χ2v) is 4.78. The van der Waals surface area contributed by atoms with Gasteiger partial charge in [0.15, 0.2) is 0 Å². The largest absolute Gasteiger partial charge is 0.379 e. The lowest BCUT2D eigenvalue weighted by Gasteiger charge is -2.38. The van der Waals surface area contributed by atoms with Crippen molar-refractivity contribution in [3.8, 4) is 0 Å². The van der Waals surface area contributed by atoms with Gasteiger partial charge >= 0.3 is 10.1 Å². The molecule has 0 aliphatic carbocycles. The number of hydrogen-bond donors (Lipinski definition) is 2. The molecule has 7 heteroatoms. The normalized spacial score (nSPS) is 24.5. The molecule has 0 aromatic carbocycles. The van der Waals surface area contributed by atoms with E-state index in [1.54, 1.807) is 0 Å². The quantitative estimate of drug-likeness (QED) is 0.615. The minimum Gasteiger partial charge on any atom is -0.379 e. The van der Waals surface area contributed by atoms with Crippen molar-refractivity contribution in [1.82, 2.24) is 4.90 Å². The Hall–Kier alpha value is -0.210. The fourth-order valence-electron chi connectivity index (χ4n) is 1.48. The third-order valence-electron chi connectivity index (χ3n) is 2.38. The van der Waals surface area contributed by atoms with E-state index in [1.807, 2.05) is 0 Å². The third-order valence-corrected chi connectivity index (χ3v) is 3.75. The summed E-state index contributed by atoms with van der Waals surface area (Å²) in [5.41, 5.74) is 0. The van der Waals surface area contributed by atoms with Crippen LogP contribution in [0.4, 0.5) is 0 Å². The number of nitrogens with zero attached hydrogens (tertiary/aromatic N) is 1. The Morgan fingerprint density at radius 1 is 1.43 bits per heavy atom. The fraction of sp³-hybridized carbons (Fsp3) is 1.00. The number of ether oxygens (including phenoxy) is 1. The molecule has 6 nitrogen and oxygen atoms in total. The minimum atomic E-state index is -4.49. The Balaban J connectivity index is 2.88. The lowest BCUT2D eigenvalue weighted by Crippen LogP contribution is -2.57. The number of morpholine rings is 1. The maximum atomic E-state index is 11.0. The standard InChI is InChI=1S/C7H15NO5S/c1-2-7(9,14(10,11)12)8-3-5-13-6-4-8/h9H,2-6H2,1H3,(H,10,11,12). The number of aliphatic hydroxyl groups is 1. The first kappa shape index (κ1) is 11.9. The molecular weight excluding hydrogens is 210 g/mol. The average molecular weight is 225 g/mol. The lowest BCUT2D eigenvalue weighted by molar-refractivity contribution is -0.0917. The highest BCUT2D eigenvalue weighted by atomic mass is 32.2. The molecule has 0 aromatic heterocycles. The van der Waals surface area contributed by atoms with Crippen molar-refractivity contribution in [3.05, 3.63) is 0 Å². The molecule has 1 rings (SSSR count). The second kappa shape index (κ2) is 4.11. The smallest absolute Gasteiger partial charge is 0.309 e. The van der Waals surface area contributed by atoms with Crippen LogP contribution in [0.25, 0.3) is 0 Å². The van der Waals surface area contributed by atoms with Crippen LogP contribution in [-0.4, -0.2) is 54.3 Å². The molecule has 1 heterocycles. The second-order valence-electron chi connectivity index (χ2n) is 3.17. The average Bonchev–Trinajstić information content (AvgIpc) is 2.16. The lowest BCUT2D eigenvalue weighted by atomic mass is 10.3. The molecular formula is C7H15NO5S. The Bertz CT molecular complexity index is 284. The molecule has 0 saturated carbocycles. The summed E-state index contributed by atoms with van der Waals surface area (Å²) in [6, 6.07) is 0. The monoisotopic (exact) mass is 225 g/mol. The number of rotatable bonds is 3. The van der Waals surface area contributed by atoms with Gasteiger partial charge in [-0.25, -0.2) is 0 Å². The van der Waals surface area contributed by atoms with Crippen molar-refractivity contribution in [2.75, 3.05) is 26.3 Å². The van der Waals surface area contributed by atoms with Crippen LogP contribution in [0.1, 0.15) is 13.3 Å². The van der Waals surface area contributed by atoms with Crippen LogP contribution in [0.15, 0.2) is 0 Å². The summed E-state index contributed by atoms with van der Waals surface area (Å²) >= 11 is 0. The summed E-state index contributed by atoms with van der Waals surface area (Å²) < 4.78 is 36.0. The van der Waals surface area contributed by atoms with Gasteiger partial charge in [0.1, 0.15) is 0 Å². The van der Waals surface area contributed by atoms with Crippen LogP contribution in [0.5, 0.6) is 0 Å². The Kier molecular flexibility index (Phi) is 3.49. The topological polar surface area (TPSA) is 87.1 Å². The van der Waals surface area contributed by atoms with E-state index in [0.717, 1.165) is 0 Å². The Labute approximate surface area is 83.2 Å². The molecule has 14 heavy (non-hydrogen) atoms. The van der Waals surface area contributed by atoms with Crippen molar-refractivity contribution >= 4 is 10.1 Å². The van der Waals surface area contributed by atoms with Crippen molar-refractivity contribution < 1.29 is 22.8 Å². The summed E-state index contributed by atoms with van der Waals surface area (Å²) in [6.45, 7) is 2.81. The highest BCUT2D eigenvalue weighted by Gasteiger charge is 2.45. The summed E-state index contributed by atoms with van der Waals surface area (Å²) in [5, 5.41) is 7.64. The molecule has 0 spiro atoms. The molecule has 1 aliphatic rings. The van der Waals surface area contributed by atoms with Gasteiger partial charge in [0.05, 0.1) is 13.2 Å². The van der Waals surface area contributed by atoms with Crippen molar-refractivity contribution in [2.45, 2.75) is 18.4 Å². The molecule has 0 bridgehead atoms. The molecule has 1 atom stereocenters. The van der Waals surface area contributed by atoms with Crippen LogP contribution < -0.4 is 0 Å². The minimum absolute atomic E-state index is 0.0775. The van der Waals surface area contributed by atoms with Crippen molar-refractivity contribution in [2.24, 2.45) is 0 Å². The van der Waals surface area contributed by atoms with Crippen LogP contribution in [-0.2, 0) is 14.9 Å². The van der Waals surface area contributed by atoms with Gasteiger partial charge in [-0.15, -0.1) is 0 Å². The zero-order valence-electron chi connectivity index (χ0n) is 8.01. The maximum Gasteiger partial charge on any atom is 0.309 e. The van der Waals surface area contributed by atoms with Gasteiger partial charge in [0.2, 0.25) is 5.06 Å². The van der Waals surface area contributed by atoms with E-state index in [1.165, 1.54) is 11.8 Å². The van der Waals surface area contributed by atoms with Gasteiger partial charge in [0, 0.05) is 19.5 Å². The zero-order valence-corrected chi connectivity index (χ0v) is 8.83. The van der Waals surface area contributed by atoms with E-state index < -0.39 is 15.2 Å². The molecule has 1 fully saturated rings. The van der Waals surface area contributed by atoms with Gasteiger partial charge in [0.25, 0.3) is 0 Å². The van der Waals surface area contributed by atoms with Crippen LogP contribution in [0, 0.1) is 0 Å². The molecule has 2 N–H and O–H groups in total. The van der Waals surface area contributed by atoms with Crippen LogP contribution >= 0.6 is 0 Å². The van der Waals surface area contributed by atoms with Gasteiger partial charge in [-0.3, -0.25) is 9.45 Å². The molecule has 1 unspecified atom stereocenters. The first-order valence-corrected chi connectivity index (χ1v) is 5.88. The van der Waals surface area contributed by atoms with Crippen LogP contribution in [0.3, 0.4) is 0 Å². The van der Waals surface area contributed by atoms with Gasteiger partial charge in [-0.2, -0.15) is 8.42 Å². The van der Waals surface area contributed by atoms with E-state index in [9.17, 15) is 13.5 Å². The zero-order chi connectivity index (χ0) is 10.8. The first-order chi connectivity index (χ1) is 6.42. The van der Waals surface area contributed by atoms with E-state index in [-0.39, 0.29) is 6.42 Å². The summed E-state index contributed by atoms with van der Waals surface area (Å²) in [4.78, 5) is 1.31. The van der Waals surface area contributed by atoms with Gasteiger partial charge in [-0.05, 0) is 0 Å². The molecule has 0 amide bonds. The van der Waals surface area contributed by atoms with E-state index in [2.05, 4.69) is 0 Å². The predicted octanol–water partition coefficient (Wildman–Crippen LogP) is -0.737. The third kappa shape index (κ3) is 2.06. The highest BCUT2D eigenvalue weighted by Crippen LogP contribution is 2.23. The molecule has 84 valence electrons.